The first-order valence-corrected chi connectivity index (χ1v) is 8.08. The van der Waals surface area contributed by atoms with Crippen molar-refractivity contribution in [2.45, 2.75) is 52.2 Å². The molecule has 0 spiro atoms. The molecule has 0 aliphatic carbocycles. The molecule has 1 aromatic heterocycles. The molecular formula is C15H20ClNO4S. The largest absolute Gasteiger partial charge is 0.453 e. The summed E-state index contributed by atoms with van der Waals surface area (Å²) < 4.78 is 5.55. The highest BCUT2D eigenvalue weighted by molar-refractivity contribution is 7.18. The summed E-state index contributed by atoms with van der Waals surface area (Å²) in [5.41, 5.74) is -0.397. The van der Waals surface area contributed by atoms with E-state index in [1.54, 1.807) is 12.1 Å². The minimum Gasteiger partial charge on any atom is -0.453 e. The van der Waals surface area contributed by atoms with E-state index in [2.05, 4.69) is 5.32 Å². The van der Waals surface area contributed by atoms with Crippen LogP contribution in [0.25, 0.3) is 0 Å². The average molecular weight is 346 g/mol. The number of esters is 1. The summed E-state index contributed by atoms with van der Waals surface area (Å²) in [5, 5.41) is 2.72. The predicted molar refractivity (Wildman–Crippen MR) is 86.3 cm³/mol. The van der Waals surface area contributed by atoms with Gasteiger partial charge in [0.2, 0.25) is 0 Å². The zero-order valence-electron chi connectivity index (χ0n) is 13.1. The van der Waals surface area contributed by atoms with Crippen LogP contribution in [-0.4, -0.2) is 29.3 Å². The number of carbonyl (C=O) groups is 3. The maximum Gasteiger partial charge on any atom is 0.307 e. The molecule has 7 heteroatoms. The number of rotatable bonds is 6. The van der Waals surface area contributed by atoms with Gasteiger partial charge in [-0.3, -0.25) is 14.4 Å². The molecule has 1 unspecified atom stereocenters. The van der Waals surface area contributed by atoms with E-state index in [1.165, 1.54) is 18.3 Å². The molecule has 0 aromatic carbocycles. The number of hydrogen-bond donors (Lipinski definition) is 1. The highest BCUT2D eigenvalue weighted by Gasteiger charge is 2.22. The Morgan fingerprint density at radius 1 is 1.27 bits per heavy atom. The molecule has 0 aliphatic rings. The van der Waals surface area contributed by atoms with Crippen LogP contribution in [0.15, 0.2) is 12.1 Å². The van der Waals surface area contributed by atoms with Gasteiger partial charge in [-0.15, -0.1) is 11.3 Å². The van der Waals surface area contributed by atoms with Gasteiger partial charge < -0.3 is 10.1 Å². The van der Waals surface area contributed by atoms with E-state index in [0.29, 0.717) is 9.21 Å². The van der Waals surface area contributed by atoms with Crippen molar-refractivity contribution in [3.8, 4) is 0 Å². The van der Waals surface area contributed by atoms with Gasteiger partial charge in [0.25, 0.3) is 5.91 Å². The molecule has 0 aliphatic heterocycles. The van der Waals surface area contributed by atoms with Gasteiger partial charge in [0.1, 0.15) is 0 Å². The molecule has 1 atom stereocenters. The minimum absolute atomic E-state index is 0.0310. The summed E-state index contributed by atoms with van der Waals surface area (Å²) in [4.78, 5) is 35.8. The summed E-state index contributed by atoms with van der Waals surface area (Å²) in [5.74, 6) is -1.11. The third-order valence-electron chi connectivity index (χ3n) is 2.58. The van der Waals surface area contributed by atoms with Crippen molar-refractivity contribution >= 4 is 40.6 Å². The standard InChI is InChI=1S/C15H20ClNO4S/c1-9(14(20)17-15(2,3)4)21-13(19)8-5-10(18)11-6-7-12(16)22-11/h6-7,9H,5,8H2,1-4H3,(H,17,20). The lowest BCUT2D eigenvalue weighted by molar-refractivity contribution is -0.155. The Morgan fingerprint density at radius 2 is 1.91 bits per heavy atom. The Kier molecular flexibility index (Phi) is 6.56. The molecule has 0 fully saturated rings. The first kappa shape index (κ1) is 18.6. The molecule has 1 amide bonds. The quantitative estimate of drug-likeness (QED) is 0.634. The third-order valence-corrected chi connectivity index (χ3v) is 3.85. The molecule has 5 nitrogen and oxygen atoms in total. The molecule has 0 radical (unpaired) electrons. The van der Waals surface area contributed by atoms with Gasteiger partial charge in [-0.2, -0.15) is 0 Å². The Morgan fingerprint density at radius 3 is 2.41 bits per heavy atom. The molecule has 0 bridgehead atoms. The lowest BCUT2D eigenvalue weighted by Gasteiger charge is -2.23. The number of amides is 1. The SMILES string of the molecule is CC(OC(=O)CCC(=O)c1ccc(Cl)s1)C(=O)NC(C)(C)C. The van der Waals surface area contributed by atoms with Gasteiger partial charge >= 0.3 is 5.97 Å². The lowest BCUT2D eigenvalue weighted by Crippen LogP contribution is -2.46. The first-order chi connectivity index (χ1) is 10.1. The van der Waals surface area contributed by atoms with E-state index in [9.17, 15) is 14.4 Å². The number of thiophene rings is 1. The van der Waals surface area contributed by atoms with E-state index < -0.39 is 17.6 Å². The summed E-state index contributed by atoms with van der Waals surface area (Å²) in [6.07, 6.45) is -0.928. The minimum atomic E-state index is -0.891. The highest BCUT2D eigenvalue weighted by atomic mass is 35.5. The second-order valence-corrected chi connectivity index (χ2v) is 7.61. The van der Waals surface area contributed by atoms with Crippen LogP contribution >= 0.6 is 22.9 Å². The normalized spacial score (nSPS) is 12.6. The topological polar surface area (TPSA) is 72.5 Å². The predicted octanol–water partition coefficient (Wildman–Crippen LogP) is 3.21. The Labute approximate surface area is 139 Å². The van der Waals surface area contributed by atoms with Crippen molar-refractivity contribution in [3.63, 3.8) is 0 Å². The molecule has 1 N–H and O–H groups in total. The van der Waals surface area contributed by atoms with Gasteiger partial charge in [0.05, 0.1) is 15.6 Å². The third kappa shape index (κ3) is 6.58. The zero-order valence-corrected chi connectivity index (χ0v) is 14.6. The van der Waals surface area contributed by atoms with Crippen LogP contribution in [0.1, 0.15) is 50.2 Å². The number of nitrogens with one attached hydrogen (secondary N) is 1. The second kappa shape index (κ2) is 7.74. The summed E-state index contributed by atoms with van der Waals surface area (Å²) in [6, 6.07) is 3.26. The van der Waals surface area contributed by atoms with E-state index >= 15 is 0 Å². The van der Waals surface area contributed by atoms with E-state index in [0.717, 1.165) is 0 Å². The van der Waals surface area contributed by atoms with Gasteiger partial charge in [-0.05, 0) is 39.8 Å². The molecule has 0 saturated carbocycles. The van der Waals surface area contributed by atoms with Crippen molar-refractivity contribution < 1.29 is 19.1 Å². The fourth-order valence-corrected chi connectivity index (χ4v) is 2.59. The number of ether oxygens (including phenoxy) is 1. The van der Waals surface area contributed by atoms with Crippen LogP contribution in [0.4, 0.5) is 0 Å². The molecule has 1 heterocycles. The van der Waals surface area contributed by atoms with Crippen LogP contribution in [0.2, 0.25) is 4.34 Å². The van der Waals surface area contributed by atoms with E-state index in [4.69, 9.17) is 16.3 Å². The van der Waals surface area contributed by atoms with Gasteiger partial charge in [0, 0.05) is 12.0 Å². The number of Topliss-reactive ketones (excluding diaryl/α,β-unsaturated/α-hetero) is 1. The van der Waals surface area contributed by atoms with E-state index in [1.807, 2.05) is 20.8 Å². The lowest BCUT2D eigenvalue weighted by atomic mass is 10.1. The number of ketones is 1. The first-order valence-electron chi connectivity index (χ1n) is 6.88. The van der Waals surface area contributed by atoms with Crippen LogP contribution < -0.4 is 5.32 Å². The molecule has 1 rings (SSSR count). The average Bonchev–Trinajstić information content (AvgIpc) is 2.80. The summed E-state index contributed by atoms with van der Waals surface area (Å²) >= 11 is 6.93. The summed E-state index contributed by atoms with van der Waals surface area (Å²) in [7, 11) is 0. The number of hydrogen-bond acceptors (Lipinski definition) is 5. The van der Waals surface area contributed by atoms with Crippen LogP contribution in [0, 0.1) is 0 Å². The Balaban J connectivity index is 2.40. The van der Waals surface area contributed by atoms with Gasteiger partial charge in [-0.1, -0.05) is 11.6 Å². The van der Waals surface area contributed by atoms with Crippen molar-refractivity contribution in [2.24, 2.45) is 0 Å². The highest BCUT2D eigenvalue weighted by Crippen LogP contribution is 2.23. The molecule has 22 heavy (non-hydrogen) atoms. The maximum absolute atomic E-state index is 11.8. The fourth-order valence-electron chi connectivity index (χ4n) is 1.58. The van der Waals surface area contributed by atoms with Gasteiger partial charge in [-0.25, -0.2) is 0 Å². The van der Waals surface area contributed by atoms with Crippen molar-refractivity contribution in [1.29, 1.82) is 0 Å². The zero-order chi connectivity index (χ0) is 16.9. The smallest absolute Gasteiger partial charge is 0.307 e. The van der Waals surface area contributed by atoms with Crippen LogP contribution in [-0.2, 0) is 14.3 Å². The monoisotopic (exact) mass is 345 g/mol. The Hall–Kier alpha value is -1.40. The van der Waals surface area contributed by atoms with Crippen molar-refractivity contribution in [2.75, 3.05) is 0 Å². The number of carbonyl (C=O) groups excluding carboxylic acids is 3. The molecular weight excluding hydrogens is 326 g/mol. The van der Waals surface area contributed by atoms with Gasteiger partial charge in [0.15, 0.2) is 11.9 Å². The Bertz CT molecular complexity index is 562. The maximum atomic E-state index is 11.8. The fraction of sp³-hybridized carbons (Fsp3) is 0.533. The second-order valence-electron chi connectivity index (χ2n) is 5.90. The van der Waals surface area contributed by atoms with Crippen molar-refractivity contribution in [1.82, 2.24) is 5.32 Å². The van der Waals surface area contributed by atoms with Crippen LogP contribution in [0.5, 0.6) is 0 Å². The molecule has 1 aromatic rings. The molecule has 122 valence electrons. The van der Waals surface area contributed by atoms with E-state index in [-0.39, 0.29) is 24.5 Å². The van der Waals surface area contributed by atoms with Crippen LogP contribution in [0.3, 0.4) is 0 Å². The van der Waals surface area contributed by atoms with Crippen molar-refractivity contribution in [3.05, 3.63) is 21.3 Å². The summed E-state index contributed by atoms with van der Waals surface area (Å²) in [6.45, 7) is 7.01. The molecule has 0 saturated heterocycles. The number of halogens is 1.